The van der Waals surface area contributed by atoms with Gasteiger partial charge in [-0.25, -0.2) is 0 Å². The molecule has 1 aromatic carbocycles. The van der Waals surface area contributed by atoms with Gasteiger partial charge in [-0.15, -0.1) is 0 Å². The number of hydrogen-bond acceptors (Lipinski definition) is 4. The molecule has 0 bridgehead atoms. The first-order valence-electron chi connectivity index (χ1n) is 7.97. The molecule has 0 unspecified atom stereocenters. The van der Waals surface area contributed by atoms with Crippen LogP contribution in [-0.2, 0) is 4.74 Å². The van der Waals surface area contributed by atoms with Gasteiger partial charge in [-0.05, 0) is 51.8 Å². The average Bonchev–Trinajstić information content (AvgIpc) is 3.04. The Labute approximate surface area is 131 Å². The van der Waals surface area contributed by atoms with E-state index in [-0.39, 0.29) is 18.1 Å². The predicted molar refractivity (Wildman–Crippen MR) is 84.7 cm³/mol. The maximum absolute atomic E-state index is 12.4. The van der Waals surface area contributed by atoms with Crippen LogP contribution in [0.2, 0.25) is 0 Å². The van der Waals surface area contributed by atoms with Crippen LogP contribution in [0, 0.1) is 0 Å². The van der Waals surface area contributed by atoms with Crippen LogP contribution in [0.5, 0.6) is 11.5 Å². The smallest absolute Gasteiger partial charge is 0.251 e. The first kappa shape index (κ1) is 16.6. The van der Waals surface area contributed by atoms with Gasteiger partial charge >= 0.3 is 0 Å². The lowest BCUT2D eigenvalue weighted by molar-refractivity contribution is 0.0712. The number of hydrogen-bond donors (Lipinski definition) is 1. The summed E-state index contributed by atoms with van der Waals surface area (Å²) in [5.74, 6) is 1.14. The van der Waals surface area contributed by atoms with Gasteiger partial charge in [0.2, 0.25) is 0 Å². The van der Waals surface area contributed by atoms with Crippen molar-refractivity contribution in [2.45, 2.75) is 45.8 Å². The zero-order valence-electron chi connectivity index (χ0n) is 13.6. The van der Waals surface area contributed by atoms with E-state index in [1.165, 1.54) is 0 Å². The third-order valence-electron chi connectivity index (χ3n) is 3.69. The van der Waals surface area contributed by atoms with E-state index in [2.05, 4.69) is 5.32 Å². The zero-order valence-corrected chi connectivity index (χ0v) is 13.6. The quantitative estimate of drug-likeness (QED) is 0.841. The maximum atomic E-state index is 12.4. The fourth-order valence-corrected chi connectivity index (χ4v) is 2.57. The second-order valence-electron chi connectivity index (χ2n) is 5.34. The summed E-state index contributed by atoms with van der Waals surface area (Å²) < 4.78 is 16.7. The number of carbonyl (C=O) groups is 1. The summed E-state index contributed by atoms with van der Waals surface area (Å²) in [5.41, 5.74) is 0.566. The molecule has 5 nitrogen and oxygen atoms in total. The van der Waals surface area contributed by atoms with Crippen LogP contribution >= 0.6 is 0 Å². The van der Waals surface area contributed by atoms with Gasteiger partial charge in [-0.1, -0.05) is 0 Å². The highest BCUT2D eigenvalue weighted by molar-refractivity contribution is 5.95. The van der Waals surface area contributed by atoms with E-state index < -0.39 is 0 Å². The van der Waals surface area contributed by atoms with Crippen molar-refractivity contribution in [3.63, 3.8) is 0 Å². The minimum atomic E-state index is -0.119. The summed E-state index contributed by atoms with van der Waals surface area (Å²) in [6.45, 7) is 7.66. The summed E-state index contributed by atoms with van der Waals surface area (Å²) in [6, 6.07) is 5.26. The van der Waals surface area contributed by atoms with Gasteiger partial charge in [0.25, 0.3) is 5.91 Å². The molecule has 1 heterocycles. The summed E-state index contributed by atoms with van der Waals surface area (Å²) in [6.07, 6.45) is 2.16. The van der Waals surface area contributed by atoms with Crippen LogP contribution in [0.4, 0.5) is 0 Å². The topological polar surface area (TPSA) is 56.8 Å². The van der Waals surface area contributed by atoms with E-state index in [0.29, 0.717) is 30.3 Å². The highest BCUT2D eigenvalue weighted by Crippen LogP contribution is 2.28. The Bertz CT molecular complexity index is 497. The Balaban J connectivity index is 2.06. The van der Waals surface area contributed by atoms with E-state index in [4.69, 9.17) is 14.2 Å². The highest BCUT2D eigenvalue weighted by Gasteiger charge is 2.24. The van der Waals surface area contributed by atoms with Crippen molar-refractivity contribution in [3.8, 4) is 11.5 Å². The lowest BCUT2D eigenvalue weighted by Crippen LogP contribution is -2.40. The molecule has 0 aromatic heterocycles. The molecular formula is C17H25NO4. The van der Waals surface area contributed by atoms with E-state index in [9.17, 15) is 4.79 Å². The minimum absolute atomic E-state index is 0.00267. The third-order valence-corrected chi connectivity index (χ3v) is 3.69. The largest absolute Gasteiger partial charge is 0.490 e. The number of rotatable bonds is 7. The van der Waals surface area contributed by atoms with Crippen LogP contribution in [0.3, 0.4) is 0 Å². The molecule has 1 amide bonds. The summed E-state index contributed by atoms with van der Waals surface area (Å²) in [5, 5.41) is 3.00. The van der Waals surface area contributed by atoms with Crippen LogP contribution in [0.15, 0.2) is 18.2 Å². The maximum Gasteiger partial charge on any atom is 0.251 e. The lowest BCUT2D eigenvalue weighted by atomic mass is 10.1. The molecule has 1 fully saturated rings. The van der Waals surface area contributed by atoms with Crippen LogP contribution < -0.4 is 14.8 Å². The molecule has 0 radical (unpaired) electrons. The van der Waals surface area contributed by atoms with Crippen LogP contribution in [-0.4, -0.2) is 37.9 Å². The number of carbonyl (C=O) groups excluding carboxylic acids is 1. The van der Waals surface area contributed by atoms with Crippen LogP contribution in [0.25, 0.3) is 0 Å². The molecule has 2 atom stereocenters. The minimum Gasteiger partial charge on any atom is -0.490 e. The zero-order chi connectivity index (χ0) is 15.9. The fraction of sp³-hybridized carbons (Fsp3) is 0.588. The molecule has 1 saturated heterocycles. The third kappa shape index (κ3) is 4.13. The Kier molecular flexibility index (Phi) is 6.07. The van der Waals surface area contributed by atoms with Gasteiger partial charge in [0.1, 0.15) is 0 Å². The highest BCUT2D eigenvalue weighted by atomic mass is 16.5. The number of benzene rings is 1. The first-order valence-corrected chi connectivity index (χ1v) is 7.97. The Morgan fingerprint density at radius 2 is 2.05 bits per heavy atom. The summed E-state index contributed by atoms with van der Waals surface area (Å²) in [4.78, 5) is 12.4. The van der Waals surface area contributed by atoms with Crippen LogP contribution in [0.1, 0.15) is 44.0 Å². The molecule has 1 aromatic rings. The Hall–Kier alpha value is -1.75. The molecule has 22 heavy (non-hydrogen) atoms. The number of ether oxygens (including phenoxy) is 3. The van der Waals surface area contributed by atoms with Crippen molar-refractivity contribution in [2.24, 2.45) is 0 Å². The molecule has 0 spiro atoms. The Morgan fingerprint density at radius 1 is 1.32 bits per heavy atom. The fourth-order valence-electron chi connectivity index (χ4n) is 2.57. The molecular weight excluding hydrogens is 282 g/mol. The standard InChI is InChI=1S/C17H25NO4/c1-4-20-15-9-8-13(11-16(15)21-5-2)17(19)18-12(3)14-7-6-10-22-14/h8-9,11-12,14H,4-7,10H2,1-3H3,(H,18,19)/t12-,14+/m0/s1. The van der Waals surface area contributed by atoms with E-state index in [0.717, 1.165) is 19.4 Å². The second-order valence-corrected chi connectivity index (χ2v) is 5.34. The monoisotopic (exact) mass is 307 g/mol. The summed E-state index contributed by atoms with van der Waals surface area (Å²) in [7, 11) is 0. The molecule has 5 heteroatoms. The molecule has 1 aliphatic heterocycles. The molecule has 2 rings (SSSR count). The molecule has 1 N–H and O–H groups in total. The SMILES string of the molecule is CCOc1ccc(C(=O)N[C@@H](C)[C@H]2CCCO2)cc1OCC. The molecule has 122 valence electrons. The van der Waals surface area contributed by atoms with Gasteiger partial charge in [-0.3, -0.25) is 4.79 Å². The first-order chi connectivity index (χ1) is 10.7. The predicted octanol–water partition coefficient (Wildman–Crippen LogP) is 2.78. The van der Waals surface area contributed by atoms with Gasteiger partial charge in [0.05, 0.1) is 25.4 Å². The molecule has 0 aliphatic carbocycles. The number of amides is 1. The van der Waals surface area contributed by atoms with Crippen molar-refractivity contribution in [2.75, 3.05) is 19.8 Å². The van der Waals surface area contributed by atoms with Crippen molar-refractivity contribution in [1.29, 1.82) is 0 Å². The van der Waals surface area contributed by atoms with Gasteiger partial charge in [0.15, 0.2) is 11.5 Å². The lowest BCUT2D eigenvalue weighted by Gasteiger charge is -2.20. The average molecular weight is 307 g/mol. The number of nitrogens with one attached hydrogen (secondary N) is 1. The molecule has 0 saturated carbocycles. The van der Waals surface area contributed by atoms with Gasteiger partial charge < -0.3 is 19.5 Å². The normalized spacial score (nSPS) is 18.8. The van der Waals surface area contributed by atoms with E-state index in [1.807, 2.05) is 20.8 Å². The van der Waals surface area contributed by atoms with Crippen molar-refractivity contribution < 1.29 is 19.0 Å². The Morgan fingerprint density at radius 3 is 2.68 bits per heavy atom. The van der Waals surface area contributed by atoms with Crippen molar-refractivity contribution in [1.82, 2.24) is 5.32 Å². The van der Waals surface area contributed by atoms with Gasteiger partial charge in [0, 0.05) is 12.2 Å². The van der Waals surface area contributed by atoms with Crippen molar-refractivity contribution in [3.05, 3.63) is 23.8 Å². The van der Waals surface area contributed by atoms with E-state index in [1.54, 1.807) is 18.2 Å². The second kappa shape index (κ2) is 8.03. The molecule has 1 aliphatic rings. The van der Waals surface area contributed by atoms with Gasteiger partial charge in [-0.2, -0.15) is 0 Å². The van der Waals surface area contributed by atoms with E-state index >= 15 is 0 Å². The van der Waals surface area contributed by atoms with Crippen molar-refractivity contribution >= 4 is 5.91 Å². The summed E-state index contributed by atoms with van der Waals surface area (Å²) >= 11 is 0.